The minimum absolute atomic E-state index is 0.193. The van der Waals surface area contributed by atoms with Gasteiger partial charge in [0.1, 0.15) is 5.82 Å². The van der Waals surface area contributed by atoms with Crippen LogP contribution >= 0.6 is 0 Å². The van der Waals surface area contributed by atoms with Gasteiger partial charge in [-0.15, -0.1) is 0 Å². The zero-order chi connectivity index (χ0) is 21.9. The lowest BCUT2D eigenvalue weighted by Crippen LogP contribution is -2.36. The van der Waals surface area contributed by atoms with Crippen LogP contribution in [-0.2, 0) is 4.74 Å². The summed E-state index contributed by atoms with van der Waals surface area (Å²) < 4.78 is 10.6. The molecule has 1 aliphatic rings. The number of anilines is 3. The number of hydrogen-bond donors (Lipinski definition) is 2. The number of fused-ring (bicyclic) bond motifs is 1. The molecule has 0 bridgehead atoms. The maximum Gasteiger partial charge on any atom is 0.259 e. The Morgan fingerprint density at radius 3 is 2.62 bits per heavy atom. The summed E-state index contributed by atoms with van der Waals surface area (Å²) in [6, 6.07) is 15.6. The highest BCUT2D eigenvalue weighted by Crippen LogP contribution is 2.29. The molecule has 5 rings (SSSR count). The number of aromatic nitrogens is 3. The molecule has 4 heterocycles. The number of morpholine rings is 1. The van der Waals surface area contributed by atoms with Crippen molar-refractivity contribution in [1.29, 1.82) is 0 Å². The Kier molecular flexibility index (Phi) is 5.43. The molecule has 8 nitrogen and oxygen atoms in total. The minimum atomic E-state index is -0.193. The summed E-state index contributed by atoms with van der Waals surface area (Å²) in [5, 5.41) is 4.63. The normalized spacial score (nSPS) is 13.8. The van der Waals surface area contributed by atoms with Gasteiger partial charge in [0, 0.05) is 48.5 Å². The smallest absolute Gasteiger partial charge is 0.259 e. The van der Waals surface area contributed by atoms with E-state index in [1.54, 1.807) is 25.6 Å². The van der Waals surface area contributed by atoms with Crippen LogP contribution < -0.4 is 20.5 Å². The standard InChI is InChI=1S/C24H23N5O3/c1-31-21-7-2-17(15-26-21)20-14-16-8-9-25-24(30)22(16)23(28-20)27-18-3-5-19(6-4-18)29-10-12-32-13-11-29/h2-9,14-15H,10-13H2,1H3,(H,25,30)(H,27,28). The van der Waals surface area contributed by atoms with Crippen molar-refractivity contribution in [1.82, 2.24) is 15.0 Å². The molecular weight excluding hydrogens is 406 g/mol. The van der Waals surface area contributed by atoms with E-state index < -0.39 is 0 Å². The van der Waals surface area contributed by atoms with E-state index >= 15 is 0 Å². The van der Waals surface area contributed by atoms with Gasteiger partial charge >= 0.3 is 0 Å². The Morgan fingerprint density at radius 2 is 1.91 bits per heavy atom. The second-order valence-electron chi connectivity index (χ2n) is 7.49. The molecule has 0 atom stereocenters. The van der Waals surface area contributed by atoms with Crippen molar-refractivity contribution in [3.63, 3.8) is 0 Å². The molecule has 8 heteroatoms. The van der Waals surface area contributed by atoms with Crippen LogP contribution in [-0.4, -0.2) is 48.4 Å². The molecule has 0 spiro atoms. The number of nitrogens with one attached hydrogen (secondary N) is 2. The number of methoxy groups -OCH3 is 1. The predicted molar refractivity (Wildman–Crippen MR) is 125 cm³/mol. The Bertz CT molecular complexity index is 1280. The molecule has 1 saturated heterocycles. The van der Waals surface area contributed by atoms with Gasteiger partial charge in [0.25, 0.3) is 5.56 Å². The average Bonchev–Trinajstić information content (AvgIpc) is 2.85. The molecule has 162 valence electrons. The van der Waals surface area contributed by atoms with Gasteiger partial charge in [-0.2, -0.15) is 0 Å². The van der Waals surface area contributed by atoms with Crippen LogP contribution in [0.2, 0.25) is 0 Å². The molecule has 2 N–H and O–H groups in total. The van der Waals surface area contributed by atoms with E-state index in [9.17, 15) is 4.79 Å². The van der Waals surface area contributed by atoms with Gasteiger partial charge in [-0.3, -0.25) is 4.79 Å². The zero-order valence-corrected chi connectivity index (χ0v) is 17.7. The van der Waals surface area contributed by atoms with E-state index in [0.717, 1.165) is 48.6 Å². The highest BCUT2D eigenvalue weighted by Gasteiger charge is 2.13. The summed E-state index contributed by atoms with van der Waals surface area (Å²) in [4.78, 5) is 26.7. The van der Waals surface area contributed by atoms with Gasteiger partial charge in [0.2, 0.25) is 5.88 Å². The Balaban J connectivity index is 1.51. The van der Waals surface area contributed by atoms with Gasteiger partial charge in [-0.1, -0.05) is 0 Å². The molecule has 3 aromatic heterocycles. The molecule has 1 fully saturated rings. The lowest BCUT2D eigenvalue weighted by molar-refractivity contribution is 0.122. The minimum Gasteiger partial charge on any atom is -0.481 e. The zero-order valence-electron chi connectivity index (χ0n) is 17.7. The predicted octanol–water partition coefficient (Wildman–Crippen LogP) is 3.57. The van der Waals surface area contributed by atoms with Crippen LogP contribution in [0.5, 0.6) is 5.88 Å². The summed E-state index contributed by atoms with van der Waals surface area (Å²) in [5.41, 5.74) is 3.35. The molecule has 0 unspecified atom stereocenters. The van der Waals surface area contributed by atoms with E-state index in [1.165, 1.54) is 0 Å². The van der Waals surface area contributed by atoms with Crippen LogP contribution in [0.1, 0.15) is 0 Å². The molecule has 0 radical (unpaired) electrons. The molecule has 0 saturated carbocycles. The maximum atomic E-state index is 12.6. The fraction of sp³-hybridized carbons (Fsp3) is 0.208. The SMILES string of the molecule is COc1ccc(-c2cc3cc[nH]c(=O)c3c(Nc3ccc(N4CCOCC4)cc3)n2)cn1. The molecule has 0 amide bonds. The van der Waals surface area contributed by atoms with Crippen LogP contribution in [0, 0.1) is 0 Å². The third-order valence-corrected chi connectivity index (χ3v) is 5.50. The maximum absolute atomic E-state index is 12.6. The van der Waals surface area contributed by atoms with E-state index in [4.69, 9.17) is 14.5 Å². The number of ether oxygens (including phenoxy) is 2. The first-order chi connectivity index (χ1) is 15.7. The van der Waals surface area contributed by atoms with Crippen molar-refractivity contribution >= 4 is 28.0 Å². The quantitative estimate of drug-likeness (QED) is 0.501. The molecule has 1 aliphatic heterocycles. The van der Waals surface area contributed by atoms with Crippen molar-refractivity contribution < 1.29 is 9.47 Å². The lowest BCUT2D eigenvalue weighted by Gasteiger charge is -2.28. The van der Waals surface area contributed by atoms with Gasteiger partial charge in [-0.25, -0.2) is 9.97 Å². The Labute approximate surface area is 184 Å². The summed E-state index contributed by atoms with van der Waals surface area (Å²) in [6.07, 6.45) is 3.35. The van der Waals surface area contributed by atoms with E-state index in [1.807, 2.05) is 30.3 Å². The molecule has 1 aromatic carbocycles. The summed E-state index contributed by atoms with van der Waals surface area (Å²) >= 11 is 0. The van der Waals surface area contributed by atoms with Crippen LogP contribution in [0.4, 0.5) is 17.2 Å². The van der Waals surface area contributed by atoms with Gasteiger partial charge < -0.3 is 24.7 Å². The topological polar surface area (TPSA) is 92.4 Å². The second-order valence-corrected chi connectivity index (χ2v) is 7.49. The Morgan fingerprint density at radius 1 is 1.09 bits per heavy atom. The first-order valence-electron chi connectivity index (χ1n) is 10.4. The van der Waals surface area contributed by atoms with E-state index in [-0.39, 0.29) is 5.56 Å². The van der Waals surface area contributed by atoms with Crippen LogP contribution in [0.25, 0.3) is 22.0 Å². The first kappa shape index (κ1) is 20.0. The number of H-pyrrole nitrogens is 1. The van der Waals surface area contributed by atoms with Crippen molar-refractivity contribution in [3.05, 3.63) is 71.3 Å². The van der Waals surface area contributed by atoms with Crippen molar-refractivity contribution in [3.8, 4) is 17.1 Å². The summed E-state index contributed by atoms with van der Waals surface area (Å²) in [7, 11) is 1.58. The van der Waals surface area contributed by atoms with E-state index in [2.05, 4.69) is 32.3 Å². The summed E-state index contributed by atoms with van der Waals surface area (Å²) in [5.74, 6) is 1.03. The highest BCUT2D eigenvalue weighted by atomic mass is 16.5. The number of pyridine rings is 3. The number of rotatable bonds is 5. The fourth-order valence-corrected chi connectivity index (χ4v) is 3.82. The monoisotopic (exact) mass is 429 g/mol. The second kappa shape index (κ2) is 8.68. The number of benzene rings is 1. The molecule has 32 heavy (non-hydrogen) atoms. The van der Waals surface area contributed by atoms with E-state index in [0.29, 0.717) is 22.8 Å². The number of aromatic amines is 1. The van der Waals surface area contributed by atoms with Crippen LogP contribution in [0.15, 0.2) is 65.7 Å². The third-order valence-electron chi connectivity index (χ3n) is 5.50. The van der Waals surface area contributed by atoms with Crippen molar-refractivity contribution in [2.45, 2.75) is 0 Å². The largest absolute Gasteiger partial charge is 0.481 e. The Hall–Kier alpha value is -3.91. The van der Waals surface area contributed by atoms with Gasteiger partial charge in [0.15, 0.2) is 0 Å². The van der Waals surface area contributed by atoms with Crippen molar-refractivity contribution in [2.24, 2.45) is 0 Å². The molecule has 0 aliphatic carbocycles. The average molecular weight is 429 g/mol. The van der Waals surface area contributed by atoms with Crippen molar-refractivity contribution in [2.75, 3.05) is 43.6 Å². The third kappa shape index (κ3) is 4.00. The van der Waals surface area contributed by atoms with Crippen LogP contribution in [0.3, 0.4) is 0 Å². The first-order valence-corrected chi connectivity index (χ1v) is 10.4. The number of nitrogens with zero attached hydrogens (tertiary/aromatic N) is 3. The molecule has 4 aromatic rings. The highest BCUT2D eigenvalue weighted by molar-refractivity contribution is 5.95. The van der Waals surface area contributed by atoms with Gasteiger partial charge in [0.05, 0.1) is 31.4 Å². The molecular formula is C24H23N5O3. The summed E-state index contributed by atoms with van der Waals surface area (Å²) in [6.45, 7) is 3.25. The number of hydrogen-bond acceptors (Lipinski definition) is 7. The van der Waals surface area contributed by atoms with Gasteiger partial charge in [-0.05, 0) is 47.9 Å². The lowest BCUT2D eigenvalue weighted by atomic mass is 10.1. The fourth-order valence-electron chi connectivity index (χ4n) is 3.82.